The molecular formula is C17H15N3O2. The molecular weight excluding hydrogens is 278 g/mol. The lowest BCUT2D eigenvalue weighted by atomic mass is 10.2. The van der Waals surface area contributed by atoms with Crippen molar-refractivity contribution in [1.82, 2.24) is 9.78 Å². The third kappa shape index (κ3) is 3.03. The molecule has 0 fully saturated rings. The summed E-state index contributed by atoms with van der Waals surface area (Å²) < 4.78 is 7.38. The SMILES string of the molecule is Cc1ccc(-n2ccc(OCc3ccccc3N=O)n2)cc1. The van der Waals surface area contributed by atoms with Crippen molar-refractivity contribution in [2.75, 3.05) is 0 Å². The van der Waals surface area contributed by atoms with Crippen LogP contribution in [0.25, 0.3) is 5.69 Å². The van der Waals surface area contributed by atoms with Crippen molar-refractivity contribution in [3.8, 4) is 11.6 Å². The quantitative estimate of drug-likeness (QED) is 0.664. The first-order chi connectivity index (χ1) is 10.8. The normalized spacial score (nSPS) is 10.4. The van der Waals surface area contributed by atoms with Crippen LogP contribution in [0.3, 0.4) is 0 Å². The minimum Gasteiger partial charge on any atom is -0.472 e. The highest BCUT2D eigenvalue weighted by Gasteiger charge is 2.05. The van der Waals surface area contributed by atoms with E-state index in [-0.39, 0.29) is 6.61 Å². The van der Waals surface area contributed by atoms with Crippen LogP contribution >= 0.6 is 0 Å². The van der Waals surface area contributed by atoms with Gasteiger partial charge in [-0.2, -0.15) is 0 Å². The second kappa shape index (κ2) is 6.22. The van der Waals surface area contributed by atoms with Gasteiger partial charge in [-0.1, -0.05) is 35.9 Å². The third-order valence-corrected chi connectivity index (χ3v) is 3.33. The topological polar surface area (TPSA) is 56.5 Å². The maximum atomic E-state index is 10.7. The Morgan fingerprint density at radius 2 is 1.86 bits per heavy atom. The molecule has 0 bridgehead atoms. The van der Waals surface area contributed by atoms with Crippen LogP contribution in [0.4, 0.5) is 5.69 Å². The second-order valence-corrected chi connectivity index (χ2v) is 4.94. The van der Waals surface area contributed by atoms with Crippen LogP contribution in [0.15, 0.2) is 66.0 Å². The van der Waals surface area contributed by atoms with Crippen molar-refractivity contribution in [2.24, 2.45) is 5.18 Å². The standard InChI is InChI=1S/C17H15N3O2/c1-13-6-8-15(9-7-13)20-11-10-17(18-20)22-12-14-4-2-3-5-16(14)19-21/h2-11H,12H2,1H3. The highest BCUT2D eigenvalue weighted by Crippen LogP contribution is 2.20. The van der Waals surface area contributed by atoms with E-state index in [1.165, 1.54) is 5.56 Å². The van der Waals surface area contributed by atoms with Gasteiger partial charge in [0.15, 0.2) is 0 Å². The fraction of sp³-hybridized carbons (Fsp3) is 0.118. The van der Waals surface area contributed by atoms with Crippen LogP contribution in [-0.2, 0) is 6.61 Å². The van der Waals surface area contributed by atoms with Gasteiger partial charge in [0.2, 0.25) is 5.88 Å². The number of ether oxygens (including phenoxy) is 1. The summed E-state index contributed by atoms with van der Waals surface area (Å²) in [4.78, 5) is 10.7. The zero-order valence-corrected chi connectivity index (χ0v) is 12.1. The Balaban J connectivity index is 1.72. The summed E-state index contributed by atoms with van der Waals surface area (Å²) in [6.07, 6.45) is 1.84. The van der Waals surface area contributed by atoms with Gasteiger partial charge in [0.05, 0.1) is 5.69 Å². The molecule has 22 heavy (non-hydrogen) atoms. The van der Waals surface area contributed by atoms with E-state index in [1.807, 2.05) is 49.5 Å². The minimum absolute atomic E-state index is 0.257. The molecule has 2 aromatic carbocycles. The molecule has 0 aliphatic rings. The van der Waals surface area contributed by atoms with Gasteiger partial charge in [-0.15, -0.1) is 10.0 Å². The number of hydrogen-bond acceptors (Lipinski definition) is 4. The van der Waals surface area contributed by atoms with Crippen molar-refractivity contribution < 1.29 is 4.74 Å². The van der Waals surface area contributed by atoms with Crippen molar-refractivity contribution in [1.29, 1.82) is 0 Å². The van der Waals surface area contributed by atoms with E-state index in [9.17, 15) is 4.91 Å². The van der Waals surface area contributed by atoms with Crippen molar-refractivity contribution >= 4 is 5.69 Å². The van der Waals surface area contributed by atoms with Gasteiger partial charge in [0.1, 0.15) is 12.3 Å². The van der Waals surface area contributed by atoms with Gasteiger partial charge < -0.3 is 4.74 Å². The Kier molecular flexibility index (Phi) is 3.96. The van der Waals surface area contributed by atoms with Gasteiger partial charge in [-0.05, 0) is 30.3 Å². The highest BCUT2D eigenvalue weighted by molar-refractivity contribution is 5.45. The maximum absolute atomic E-state index is 10.7. The van der Waals surface area contributed by atoms with Gasteiger partial charge >= 0.3 is 0 Å². The predicted molar refractivity (Wildman–Crippen MR) is 84.5 cm³/mol. The Morgan fingerprint density at radius 1 is 1.09 bits per heavy atom. The predicted octanol–water partition coefficient (Wildman–Crippen LogP) is 4.16. The minimum atomic E-state index is 0.257. The lowest BCUT2D eigenvalue weighted by Gasteiger charge is -2.05. The van der Waals surface area contributed by atoms with Crippen LogP contribution in [0.2, 0.25) is 0 Å². The molecule has 0 amide bonds. The molecule has 0 saturated carbocycles. The zero-order valence-electron chi connectivity index (χ0n) is 12.1. The van der Waals surface area contributed by atoms with Gasteiger partial charge in [-0.3, -0.25) is 0 Å². The molecule has 3 rings (SSSR count). The summed E-state index contributed by atoms with van der Waals surface area (Å²) in [7, 11) is 0. The number of hydrogen-bond donors (Lipinski definition) is 0. The molecule has 0 N–H and O–H groups in total. The summed E-state index contributed by atoms with van der Waals surface area (Å²) in [5, 5.41) is 7.35. The van der Waals surface area contributed by atoms with Crippen molar-refractivity contribution in [3.63, 3.8) is 0 Å². The third-order valence-electron chi connectivity index (χ3n) is 3.33. The lowest BCUT2D eigenvalue weighted by molar-refractivity contribution is 0.292. The van der Waals surface area contributed by atoms with E-state index >= 15 is 0 Å². The summed E-state index contributed by atoms with van der Waals surface area (Å²) in [5.74, 6) is 0.501. The molecule has 3 aromatic rings. The first-order valence-corrected chi connectivity index (χ1v) is 6.93. The number of nitrogens with zero attached hydrogens (tertiary/aromatic N) is 3. The lowest BCUT2D eigenvalue weighted by Crippen LogP contribution is -1.98. The number of aromatic nitrogens is 2. The van der Waals surface area contributed by atoms with E-state index in [2.05, 4.69) is 10.3 Å². The Hall–Kier alpha value is -2.95. The Bertz CT molecular complexity index is 779. The zero-order chi connectivity index (χ0) is 15.4. The van der Waals surface area contributed by atoms with Gasteiger partial charge in [0.25, 0.3) is 0 Å². The smallest absolute Gasteiger partial charge is 0.233 e. The highest BCUT2D eigenvalue weighted by atomic mass is 16.5. The average Bonchev–Trinajstić information content (AvgIpc) is 3.03. The summed E-state index contributed by atoms with van der Waals surface area (Å²) >= 11 is 0. The number of rotatable bonds is 5. The number of benzene rings is 2. The molecule has 1 heterocycles. The Morgan fingerprint density at radius 3 is 2.64 bits per heavy atom. The summed E-state index contributed by atoms with van der Waals surface area (Å²) in [6.45, 7) is 2.30. The number of nitroso groups, excluding NO2 is 1. The van der Waals surface area contributed by atoms with E-state index in [4.69, 9.17) is 4.74 Å². The molecule has 0 radical (unpaired) electrons. The van der Waals surface area contributed by atoms with Gasteiger partial charge in [-0.25, -0.2) is 4.68 Å². The summed E-state index contributed by atoms with van der Waals surface area (Å²) in [5.41, 5.74) is 3.30. The van der Waals surface area contributed by atoms with Crippen molar-refractivity contribution in [3.05, 3.63) is 76.8 Å². The molecule has 0 spiro atoms. The Labute approximate surface area is 128 Å². The first kappa shape index (κ1) is 14.0. The monoisotopic (exact) mass is 293 g/mol. The largest absolute Gasteiger partial charge is 0.472 e. The van der Waals surface area contributed by atoms with Gasteiger partial charge in [0, 0.05) is 17.8 Å². The molecule has 0 saturated heterocycles. The van der Waals surface area contributed by atoms with E-state index in [0.717, 1.165) is 11.3 Å². The van der Waals surface area contributed by atoms with Crippen LogP contribution in [-0.4, -0.2) is 9.78 Å². The van der Waals surface area contributed by atoms with Crippen LogP contribution in [0.5, 0.6) is 5.88 Å². The van der Waals surface area contributed by atoms with Crippen LogP contribution in [0, 0.1) is 11.8 Å². The molecule has 0 unspecified atom stereocenters. The molecule has 110 valence electrons. The van der Waals surface area contributed by atoms with E-state index < -0.39 is 0 Å². The molecule has 0 aliphatic carbocycles. The molecule has 5 nitrogen and oxygen atoms in total. The van der Waals surface area contributed by atoms with Crippen LogP contribution < -0.4 is 4.74 Å². The molecule has 5 heteroatoms. The fourth-order valence-corrected chi connectivity index (χ4v) is 2.10. The molecule has 0 aliphatic heterocycles. The van der Waals surface area contributed by atoms with Crippen LogP contribution in [0.1, 0.15) is 11.1 Å². The van der Waals surface area contributed by atoms with E-state index in [1.54, 1.807) is 22.9 Å². The summed E-state index contributed by atoms with van der Waals surface area (Å²) in [6, 6.07) is 16.9. The average molecular weight is 293 g/mol. The molecule has 1 aromatic heterocycles. The number of aryl methyl sites for hydroxylation is 1. The fourth-order valence-electron chi connectivity index (χ4n) is 2.10. The van der Waals surface area contributed by atoms with Crippen molar-refractivity contribution in [2.45, 2.75) is 13.5 Å². The maximum Gasteiger partial charge on any atom is 0.233 e. The molecule has 0 atom stereocenters. The second-order valence-electron chi connectivity index (χ2n) is 4.94. The van der Waals surface area contributed by atoms with E-state index in [0.29, 0.717) is 11.6 Å². The first-order valence-electron chi connectivity index (χ1n) is 6.93.